The van der Waals surface area contributed by atoms with E-state index < -0.39 is 0 Å². The maximum absolute atomic E-state index is 12.0. The monoisotopic (exact) mass is 328 g/mol. The second-order valence-corrected chi connectivity index (χ2v) is 5.77. The summed E-state index contributed by atoms with van der Waals surface area (Å²) in [5.41, 5.74) is 1.08. The Balaban J connectivity index is 2.10. The van der Waals surface area contributed by atoms with Crippen LogP contribution in [-0.4, -0.2) is 29.1 Å². The van der Waals surface area contributed by atoms with Crippen molar-refractivity contribution in [3.05, 3.63) is 42.1 Å². The van der Waals surface area contributed by atoms with Gasteiger partial charge in [0, 0.05) is 12.7 Å². The van der Waals surface area contributed by atoms with Crippen LogP contribution in [0.1, 0.15) is 37.6 Å². The largest absolute Gasteiger partial charge is 0.462 e. The van der Waals surface area contributed by atoms with Gasteiger partial charge in [0.05, 0.1) is 17.9 Å². The van der Waals surface area contributed by atoms with E-state index in [1.807, 2.05) is 12.1 Å². The number of para-hydroxylation sites is 1. The predicted octanol–water partition coefficient (Wildman–Crippen LogP) is 3.85. The average Bonchev–Trinajstić information content (AvgIpc) is 2.55. The lowest BCUT2D eigenvalue weighted by molar-refractivity contribution is 0.0527. The van der Waals surface area contributed by atoms with E-state index in [-0.39, 0.29) is 5.97 Å². The van der Waals surface area contributed by atoms with Gasteiger partial charge in [-0.3, -0.25) is 0 Å². The maximum atomic E-state index is 12.0. The molecule has 1 heterocycles. The van der Waals surface area contributed by atoms with Gasteiger partial charge in [0.1, 0.15) is 5.82 Å². The molecule has 0 bridgehead atoms. The molecule has 0 aliphatic rings. The molecule has 24 heavy (non-hydrogen) atoms. The smallest absolute Gasteiger partial charge is 0.340 e. The van der Waals surface area contributed by atoms with Crippen LogP contribution >= 0.6 is 0 Å². The van der Waals surface area contributed by atoms with E-state index in [0.717, 1.165) is 18.8 Å². The SMILES string of the molecule is CCOC(=O)c1ccccc1Nc1nccc(NCCC(C)C)n1. The molecule has 0 aliphatic heterocycles. The zero-order valence-electron chi connectivity index (χ0n) is 14.4. The molecule has 6 heteroatoms. The van der Waals surface area contributed by atoms with E-state index in [1.54, 1.807) is 31.3 Å². The number of rotatable bonds is 8. The summed E-state index contributed by atoms with van der Waals surface area (Å²) in [5.74, 6) is 1.45. The number of hydrogen-bond donors (Lipinski definition) is 2. The molecule has 0 radical (unpaired) electrons. The van der Waals surface area contributed by atoms with Gasteiger partial charge in [-0.05, 0) is 37.5 Å². The molecular formula is C18H24N4O2. The van der Waals surface area contributed by atoms with E-state index >= 15 is 0 Å². The zero-order valence-corrected chi connectivity index (χ0v) is 14.4. The number of carbonyl (C=O) groups is 1. The van der Waals surface area contributed by atoms with Crippen molar-refractivity contribution in [3.8, 4) is 0 Å². The molecule has 0 saturated heterocycles. The first-order valence-corrected chi connectivity index (χ1v) is 8.20. The first-order valence-electron chi connectivity index (χ1n) is 8.20. The summed E-state index contributed by atoms with van der Waals surface area (Å²) in [6, 6.07) is 8.97. The number of carbonyl (C=O) groups excluding carboxylic acids is 1. The molecule has 0 spiro atoms. The van der Waals surface area contributed by atoms with Gasteiger partial charge in [-0.15, -0.1) is 0 Å². The minimum Gasteiger partial charge on any atom is -0.462 e. The van der Waals surface area contributed by atoms with Gasteiger partial charge in [-0.2, -0.15) is 4.98 Å². The van der Waals surface area contributed by atoms with Crippen molar-refractivity contribution in [1.29, 1.82) is 0 Å². The summed E-state index contributed by atoms with van der Waals surface area (Å²) >= 11 is 0. The van der Waals surface area contributed by atoms with Gasteiger partial charge in [-0.1, -0.05) is 26.0 Å². The van der Waals surface area contributed by atoms with E-state index in [0.29, 0.717) is 29.7 Å². The van der Waals surface area contributed by atoms with Gasteiger partial charge >= 0.3 is 5.97 Å². The highest BCUT2D eigenvalue weighted by atomic mass is 16.5. The Kier molecular flexibility index (Phi) is 6.54. The van der Waals surface area contributed by atoms with Gasteiger partial charge in [0.25, 0.3) is 0 Å². The van der Waals surface area contributed by atoms with Crippen LogP contribution in [0.3, 0.4) is 0 Å². The molecule has 0 aliphatic carbocycles. The number of anilines is 3. The first kappa shape index (κ1) is 17.7. The highest BCUT2D eigenvalue weighted by Gasteiger charge is 2.12. The van der Waals surface area contributed by atoms with Crippen molar-refractivity contribution in [2.24, 2.45) is 5.92 Å². The quantitative estimate of drug-likeness (QED) is 0.717. The zero-order chi connectivity index (χ0) is 17.4. The molecule has 0 saturated carbocycles. The molecule has 0 unspecified atom stereocenters. The summed E-state index contributed by atoms with van der Waals surface area (Å²) in [6.07, 6.45) is 2.75. The topological polar surface area (TPSA) is 76.1 Å². The lowest BCUT2D eigenvalue weighted by Crippen LogP contribution is -2.10. The van der Waals surface area contributed by atoms with Crippen LogP contribution in [0.15, 0.2) is 36.5 Å². The maximum Gasteiger partial charge on any atom is 0.340 e. The van der Waals surface area contributed by atoms with Gasteiger partial charge in [0.15, 0.2) is 0 Å². The van der Waals surface area contributed by atoms with Gasteiger partial charge in [-0.25, -0.2) is 9.78 Å². The molecule has 2 N–H and O–H groups in total. The van der Waals surface area contributed by atoms with Crippen molar-refractivity contribution >= 4 is 23.4 Å². The fourth-order valence-corrected chi connectivity index (χ4v) is 2.11. The third kappa shape index (κ3) is 5.22. The Labute approximate surface area is 142 Å². The van der Waals surface area contributed by atoms with E-state index in [1.165, 1.54) is 0 Å². The van der Waals surface area contributed by atoms with E-state index in [9.17, 15) is 4.79 Å². The second-order valence-electron chi connectivity index (χ2n) is 5.77. The number of nitrogens with zero attached hydrogens (tertiary/aromatic N) is 2. The molecule has 2 aromatic rings. The van der Waals surface area contributed by atoms with Crippen molar-refractivity contribution in [1.82, 2.24) is 9.97 Å². The van der Waals surface area contributed by atoms with Crippen LogP contribution in [0.25, 0.3) is 0 Å². The van der Waals surface area contributed by atoms with E-state index in [4.69, 9.17) is 4.74 Å². The van der Waals surface area contributed by atoms with Crippen molar-refractivity contribution in [2.75, 3.05) is 23.8 Å². The van der Waals surface area contributed by atoms with Gasteiger partial charge < -0.3 is 15.4 Å². The van der Waals surface area contributed by atoms with Gasteiger partial charge in [0.2, 0.25) is 5.95 Å². The molecule has 0 fully saturated rings. The molecule has 1 aromatic heterocycles. The Morgan fingerprint density at radius 1 is 1.25 bits per heavy atom. The van der Waals surface area contributed by atoms with Crippen LogP contribution in [0.2, 0.25) is 0 Å². The highest BCUT2D eigenvalue weighted by Crippen LogP contribution is 2.20. The third-order valence-corrected chi connectivity index (χ3v) is 3.35. The summed E-state index contributed by atoms with van der Waals surface area (Å²) in [6.45, 7) is 7.33. The Bertz CT molecular complexity index is 674. The molecule has 128 valence electrons. The second kappa shape index (κ2) is 8.86. The van der Waals surface area contributed by atoms with Crippen molar-refractivity contribution in [2.45, 2.75) is 27.2 Å². The van der Waals surface area contributed by atoms with Crippen LogP contribution < -0.4 is 10.6 Å². The number of nitrogens with one attached hydrogen (secondary N) is 2. The van der Waals surface area contributed by atoms with Crippen LogP contribution in [0, 0.1) is 5.92 Å². The lowest BCUT2D eigenvalue weighted by Gasteiger charge is -2.11. The highest BCUT2D eigenvalue weighted by molar-refractivity contribution is 5.96. The fraction of sp³-hybridized carbons (Fsp3) is 0.389. The Morgan fingerprint density at radius 3 is 2.79 bits per heavy atom. The molecule has 2 rings (SSSR count). The fourth-order valence-electron chi connectivity index (χ4n) is 2.11. The number of ether oxygens (including phenoxy) is 1. The minimum atomic E-state index is -0.369. The minimum absolute atomic E-state index is 0.332. The molecule has 0 atom stereocenters. The molecule has 1 aromatic carbocycles. The van der Waals surface area contributed by atoms with Crippen molar-refractivity contribution in [3.63, 3.8) is 0 Å². The number of esters is 1. The number of hydrogen-bond acceptors (Lipinski definition) is 6. The number of aromatic nitrogens is 2. The molecular weight excluding hydrogens is 304 g/mol. The Morgan fingerprint density at radius 2 is 2.04 bits per heavy atom. The summed E-state index contributed by atoms with van der Waals surface area (Å²) in [5, 5.41) is 6.37. The predicted molar refractivity (Wildman–Crippen MR) is 95.7 cm³/mol. The molecule has 6 nitrogen and oxygen atoms in total. The lowest BCUT2D eigenvalue weighted by atomic mass is 10.1. The summed E-state index contributed by atoms with van der Waals surface area (Å²) in [4.78, 5) is 20.6. The number of benzene rings is 1. The Hall–Kier alpha value is -2.63. The van der Waals surface area contributed by atoms with E-state index in [2.05, 4.69) is 34.4 Å². The average molecular weight is 328 g/mol. The van der Waals surface area contributed by atoms with Crippen LogP contribution in [-0.2, 0) is 4.74 Å². The van der Waals surface area contributed by atoms with Crippen LogP contribution in [0.4, 0.5) is 17.5 Å². The first-order chi connectivity index (χ1) is 11.6. The summed E-state index contributed by atoms with van der Waals surface area (Å²) in [7, 11) is 0. The van der Waals surface area contributed by atoms with Crippen molar-refractivity contribution < 1.29 is 9.53 Å². The third-order valence-electron chi connectivity index (χ3n) is 3.35. The summed E-state index contributed by atoms with van der Waals surface area (Å²) < 4.78 is 5.07. The molecule has 0 amide bonds. The normalized spacial score (nSPS) is 10.5. The van der Waals surface area contributed by atoms with Crippen LogP contribution in [0.5, 0.6) is 0 Å². The standard InChI is InChI=1S/C18H24N4O2/c1-4-24-17(23)14-7-5-6-8-15(14)21-18-20-12-10-16(22-18)19-11-9-13(2)3/h5-8,10,12-13H,4,9,11H2,1-3H3,(H2,19,20,21,22).